The molecule has 0 atom stereocenters. The van der Waals surface area contributed by atoms with Crippen molar-refractivity contribution in [1.29, 1.82) is 0 Å². The molecule has 0 radical (unpaired) electrons. The van der Waals surface area contributed by atoms with Crippen LogP contribution >= 0.6 is 0 Å². The Morgan fingerprint density at radius 2 is 1.53 bits per heavy atom. The van der Waals surface area contributed by atoms with E-state index in [4.69, 9.17) is 4.98 Å². The van der Waals surface area contributed by atoms with Crippen molar-refractivity contribution < 1.29 is 4.79 Å². The van der Waals surface area contributed by atoms with Crippen molar-refractivity contribution in [1.82, 2.24) is 29.9 Å². The molecule has 6 rings (SSSR count). The summed E-state index contributed by atoms with van der Waals surface area (Å²) in [5.41, 5.74) is 4.18. The largest absolute Gasteiger partial charge is 0.352 e. The third-order valence-electron chi connectivity index (χ3n) is 6.65. The summed E-state index contributed by atoms with van der Waals surface area (Å²) < 4.78 is 1.74. The number of piperazine rings is 1. The molecule has 0 spiro atoms. The lowest BCUT2D eigenvalue weighted by molar-refractivity contribution is 0.0745. The number of carbonyl (C=O) groups is 1. The summed E-state index contributed by atoms with van der Waals surface area (Å²) in [4.78, 5) is 22.1. The van der Waals surface area contributed by atoms with E-state index < -0.39 is 0 Å². The molecule has 8 heteroatoms. The summed E-state index contributed by atoms with van der Waals surface area (Å²) in [6, 6.07) is 25.9. The molecule has 0 saturated carbocycles. The number of amides is 1. The van der Waals surface area contributed by atoms with Gasteiger partial charge in [0.25, 0.3) is 5.91 Å². The van der Waals surface area contributed by atoms with Gasteiger partial charge in [-0.3, -0.25) is 4.79 Å². The first-order valence-electron chi connectivity index (χ1n) is 12.0. The van der Waals surface area contributed by atoms with Gasteiger partial charge in [0.05, 0.1) is 28.7 Å². The van der Waals surface area contributed by atoms with Gasteiger partial charge >= 0.3 is 0 Å². The van der Waals surface area contributed by atoms with Gasteiger partial charge in [-0.2, -0.15) is 5.10 Å². The van der Waals surface area contributed by atoms with E-state index in [1.54, 1.807) is 10.9 Å². The Bertz CT molecular complexity index is 1520. The summed E-state index contributed by atoms with van der Waals surface area (Å²) in [5, 5.41) is 14.4. The van der Waals surface area contributed by atoms with Crippen LogP contribution in [-0.2, 0) is 0 Å². The molecule has 178 valence electrons. The first-order chi connectivity index (χ1) is 17.7. The van der Waals surface area contributed by atoms with E-state index in [-0.39, 0.29) is 5.91 Å². The van der Waals surface area contributed by atoms with Crippen LogP contribution in [0.3, 0.4) is 0 Å². The Hall–Kier alpha value is -4.59. The Balaban J connectivity index is 1.14. The number of hydrogen-bond donors (Lipinski definition) is 0. The SMILES string of the molecule is Cc1c(C(=O)N2CCN(c3ccc(-c4ccccc4)nn3)CC2)cnn1-c1ccc2ccccc2n1. The average Bonchev–Trinajstić information content (AvgIpc) is 3.34. The second kappa shape index (κ2) is 9.22. The van der Waals surface area contributed by atoms with Crippen LogP contribution in [0.1, 0.15) is 16.1 Å². The molecule has 1 saturated heterocycles. The summed E-state index contributed by atoms with van der Waals surface area (Å²) >= 11 is 0. The average molecular weight is 476 g/mol. The Morgan fingerprint density at radius 1 is 0.778 bits per heavy atom. The smallest absolute Gasteiger partial charge is 0.257 e. The van der Waals surface area contributed by atoms with Crippen LogP contribution in [0.15, 0.2) is 85.1 Å². The van der Waals surface area contributed by atoms with E-state index >= 15 is 0 Å². The predicted octanol–water partition coefficient (Wildman–Crippen LogP) is 4.15. The molecule has 0 aliphatic carbocycles. The molecule has 0 N–H and O–H groups in total. The third-order valence-corrected chi connectivity index (χ3v) is 6.65. The third kappa shape index (κ3) is 4.07. The first-order valence-corrected chi connectivity index (χ1v) is 12.0. The molecule has 1 aliphatic rings. The van der Waals surface area contributed by atoms with Crippen molar-refractivity contribution >= 4 is 22.6 Å². The van der Waals surface area contributed by atoms with Crippen LogP contribution in [0.25, 0.3) is 28.0 Å². The number of rotatable bonds is 4. The van der Waals surface area contributed by atoms with E-state index in [0.29, 0.717) is 37.6 Å². The zero-order chi connectivity index (χ0) is 24.5. The molecule has 36 heavy (non-hydrogen) atoms. The van der Waals surface area contributed by atoms with Gasteiger partial charge in [0, 0.05) is 37.1 Å². The Labute approximate surface area is 208 Å². The molecule has 2 aromatic carbocycles. The highest BCUT2D eigenvalue weighted by atomic mass is 16.2. The number of anilines is 1. The van der Waals surface area contributed by atoms with Crippen molar-refractivity contribution in [3.8, 4) is 17.1 Å². The fourth-order valence-electron chi connectivity index (χ4n) is 4.59. The molecule has 5 aromatic rings. The Morgan fingerprint density at radius 3 is 2.31 bits per heavy atom. The molecule has 0 unspecified atom stereocenters. The maximum Gasteiger partial charge on any atom is 0.257 e. The number of nitrogens with zero attached hydrogens (tertiary/aromatic N) is 7. The number of aromatic nitrogens is 5. The highest BCUT2D eigenvalue weighted by Crippen LogP contribution is 2.21. The molecule has 8 nitrogen and oxygen atoms in total. The van der Waals surface area contributed by atoms with E-state index in [9.17, 15) is 4.79 Å². The van der Waals surface area contributed by atoms with Crippen LogP contribution in [0.4, 0.5) is 5.82 Å². The molecule has 1 aliphatic heterocycles. The predicted molar refractivity (Wildman–Crippen MR) is 139 cm³/mol. The van der Waals surface area contributed by atoms with Crippen LogP contribution in [0.5, 0.6) is 0 Å². The second-order valence-electron chi connectivity index (χ2n) is 8.84. The minimum Gasteiger partial charge on any atom is -0.352 e. The van der Waals surface area contributed by atoms with E-state index in [1.807, 2.05) is 90.7 Å². The lowest BCUT2D eigenvalue weighted by Gasteiger charge is -2.35. The molecular weight excluding hydrogens is 450 g/mol. The van der Waals surface area contributed by atoms with Crippen molar-refractivity contribution in [3.63, 3.8) is 0 Å². The number of hydrogen-bond acceptors (Lipinski definition) is 6. The van der Waals surface area contributed by atoms with E-state index in [1.165, 1.54) is 0 Å². The molecule has 0 bridgehead atoms. The van der Waals surface area contributed by atoms with Gasteiger partial charge in [0.2, 0.25) is 0 Å². The normalized spacial score (nSPS) is 13.8. The summed E-state index contributed by atoms with van der Waals surface area (Å²) in [6.45, 7) is 4.53. The lowest BCUT2D eigenvalue weighted by Crippen LogP contribution is -2.49. The number of carbonyl (C=O) groups excluding carboxylic acids is 1. The molecule has 1 fully saturated rings. The van der Waals surface area contributed by atoms with Gasteiger partial charge in [-0.25, -0.2) is 9.67 Å². The topological polar surface area (TPSA) is 80.0 Å². The minimum absolute atomic E-state index is 0.00954. The van der Waals surface area contributed by atoms with E-state index in [2.05, 4.69) is 20.2 Å². The van der Waals surface area contributed by atoms with Crippen molar-refractivity contribution in [2.45, 2.75) is 6.92 Å². The zero-order valence-electron chi connectivity index (χ0n) is 20.0. The van der Waals surface area contributed by atoms with Crippen molar-refractivity contribution in [3.05, 3.63) is 96.3 Å². The maximum atomic E-state index is 13.3. The summed E-state index contributed by atoms with van der Waals surface area (Å²) in [5.74, 6) is 1.52. The number of pyridine rings is 1. The standard InChI is InChI=1S/C28H25N7O/c1-20-23(19-29-35(20)26-13-11-22-9-5-6-10-24(22)30-26)28(36)34-17-15-33(16-18-34)27-14-12-25(31-32-27)21-7-3-2-4-8-21/h2-14,19H,15-18H2,1H3. The monoisotopic (exact) mass is 475 g/mol. The van der Waals surface area contributed by atoms with Gasteiger partial charge in [0.15, 0.2) is 11.6 Å². The van der Waals surface area contributed by atoms with Crippen molar-refractivity contribution in [2.24, 2.45) is 0 Å². The second-order valence-corrected chi connectivity index (χ2v) is 8.84. The molecule has 4 heterocycles. The Kier molecular flexibility index (Phi) is 5.61. The quantitative estimate of drug-likeness (QED) is 0.389. The van der Waals surface area contributed by atoms with Gasteiger partial charge in [-0.1, -0.05) is 48.5 Å². The molecule has 3 aromatic heterocycles. The van der Waals surface area contributed by atoms with Gasteiger partial charge in [-0.15, -0.1) is 10.2 Å². The first kappa shape index (κ1) is 21.9. The van der Waals surface area contributed by atoms with Gasteiger partial charge in [-0.05, 0) is 37.3 Å². The van der Waals surface area contributed by atoms with Crippen LogP contribution in [-0.4, -0.2) is 61.9 Å². The fraction of sp³-hybridized carbons (Fsp3) is 0.179. The van der Waals surface area contributed by atoms with E-state index in [0.717, 1.165) is 33.7 Å². The number of benzene rings is 2. The van der Waals surface area contributed by atoms with Gasteiger partial charge in [0.1, 0.15) is 0 Å². The fourth-order valence-corrected chi connectivity index (χ4v) is 4.59. The number of para-hydroxylation sites is 1. The van der Waals surface area contributed by atoms with Crippen molar-refractivity contribution in [2.75, 3.05) is 31.1 Å². The summed E-state index contributed by atoms with van der Waals surface area (Å²) in [6.07, 6.45) is 1.65. The van der Waals surface area contributed by atoms with Crippen LogP contribution in [0.2, 0.25) is 0 Å². The number of fused-ring (bicyclic) bond motifs is 1. The highest BCUT2D eigenvalue weighted by molar-refractivity contribution is 5.95. The zero-order valence-corrected chi connectivity index (χ0v) is 20.0. The van der Waals surface area contributed by atoms with Crippen LogP contribution in [0, 0.1) is 6.92 Å². The maximum absolute atomic E-state index is 13.3. The molecular formula is C28H25N7O. The lowest BCUT2D eigenvalue weighted by atomic mass is 10.1. The summed E-state index contributed by atoms with van der Waals surface area (Å²) in [7, 11) is 0. The molecule has 1 amide bonds. The van der Waals surface area contributed by atoms with Crippen LogP contribution < -0.4 is 4.90 Å². The highest BCUT2D eigenvalue weighted by Gasteiger charge is 2.26. The minimum atomic E-state index is -0.00954. The van der Waals surface area contributed by atoms with Gasteiger partial charge < -0.3 is 9.80 Å².